The van der Waals surface area contributed by atoms with Gasteiger partial charge in [-0.15, -0.1) is 0 Å². The molecule has 1 aromatic rings. The molecule has 1 heterocycles. The molecule has 1 unspecified atom stereocenters. The minimum atomic E-state index is -0.940. The first kappa shape index (κ1) is 14.2. The van der Waals surface area contributed by atoms with Crippen molar-refractivity contribution in [2.45, 2.75) is 39.2 Å². The number of hydrogen-bond donors (Lipinski definition) is 1. The molecule has 1 aromatic heterocycles. The van der Waals surface area contributed by atoms with Gasteiger partial charge in [0.25, 0.3) is 5.91 Å². The fourth-order valence-electron chi connectivity index (χ4n) is 1.43. The van der Waals surface area contributed by atoms with Crippen molar-refractivity contribution >= 4 is 11.9 Å². The molecule has 1 rings (SSSR count). The highest BCUT2D eigenvalue weighted by Crippen LogP contribution is 2.16. The van der Waals surface area contributed by atoms with Gasteiger partial charge in [0.15, 0.2) is 5.69 Å². The molecule has 6 nitrogen and oxygen atoms in total. The van der Waals surface area contributed by atoms with Crippen molar-refractivity contribution in [3.05, 3.63) is 17.5 Å². The van der Waals surface area contributed by atoms with Crippen LogP contribution in [0.25, 0.3) is 0 Å². The monoisotopic (exact) mass is 254 g/mol. The highest BCUT2D eigenvalue weighted by molar-refractivity contribution is 5.92. The third kappa shape index (κ3) is 3.32. The van der Waals surface area contributed by atoms with Crippen molar-refractivity contribution in [3.8, 4) is 0 Å². The third-order valence-corrected chi connectivity index (χ3v) is 2.77. The lowest BCUT2D eigenvalue weighted by molar-refractivity contribution is -0.137. The van der Waals surface area contributed by atoms with Crippen LogP contribution < -0.4 is 0 Å². The van der Waals surface area contributed by atoms with Crippen LogP contribution in [0.4, 0.5) is 0 Å². The smallest absolute Gasteiger partial charge is 0.305 e. The Morgan fingerprint density at radius 3 is 2.50 bits per heavy atom. The van der Waals surface area contributed by atoms with Crippen LogP contribution in [-0.4, -0.2) is 40.1 Å². The van der Waals surface area contributed by atoms with E-state index < -0.39 is 12.0 Å². The predicted molar refractivity (Wildman–Crippen MR) is 64.4 cm³/mol. The summed E-state index contributed by atoms with van der Waals surface area (Å²) >= 11 is 0. The number of amides is 1. The van der Waals surface area contributed by atoms with E-state index in [9.17, 15) is 9.59 Å². The molecule has 0 aliphatic rings. The summed E-state index contributed by atoms with van der Waals surface area (Å²) in [4.78, 5) is 24.0. The number of hydrogen-bond acceptors (Lipinski definition) is 4. The summed E-state index contributed by atoms with van der Waals surface area (Å²) in [6.45, 7) is 5.55. The van der Waals surface area contributed by atoms with Crippen molar-refractivity contribution in [3.63, 3.8) is 0 Å². The van der Waals surface area contributed by atoms with Gasteiger partial charge in [-0.2, -0.15) is 0 Å². The standard InChI is InChI=1S/C12H18N2O4/c1-7(2)10-6-9(13-18-10)12(17)14(4)8(3)5-11(15)16/h6-8H,5H2,1-4H3,(H,15,16). The molecule has 0 aliphatic heterocycles. The van der Waals surface area contributed by atoms with E-state index in [0.29, 0.717) is 5.76 Å². The van der Waals surface area contributed by atoms with Gasteiger partial charge >= 0.3 is 5.97 Å². The van der Waals surface area contributed by atoms with Crippen LogP contribution in [0, 0.1) is 0 Å². The first-order chi connectivity index (χ1) is 8.32. The number of carbonyl (C=O) groups is 2. The minimum absolute atomic E-state index is 0.100. The Balaban J connectivity index is 2.76. The molecule has 1 atom stereocenters. The summed E-state index contributed by atoms with van der Waals surface area (Å²) in [6, 6.07) is 1.20. The lowest BCUT2D eigenvalue weighted by Crippen LogP contribution is -2.36. The second-order valence-electron chi connectivity index (χ2n) is 4.63. The second kappa shape index (κ2) is 5.66. The maximum Gasteiger partial charge on any atom is 0.305 e. The van der Waals surface area contributed by atoms with Gasteiger partial charge in [-0.1, -0.05) is 19.0 Å². The van der Waals surface area contributed by atoms with Crippen LogP contribution in [0.1, 0.15) is 49.4 Å². The average molecular weight is 254 g/mol. The zero-order valence-electron chi connectivity index (χ0n) is 11.0. The molecule has 0 spiro atoms. The molecular weight excluding hydrogens is 236 g/mol. The predicted octanol–water partition coefficient (Wildman–Crippen LogP) is 1.73. The third-order valence-electron chi connectivity index (χ3n) is 2.77. The van der Waals surface area contributed by atoms with E-state index in [1.165, 1.54) is 4.90 Å². The Morgan fingerprint density at radius 1 is 1.44 bits per heavy atom. The first-order valence-electron chi connectivity index (χ1n) is 5.78. The summed E-state index contributed by atoms with van der Waals surface area (Å²) in [5, 5.41) is 12.4. The van der Waals surface area contributed by atoms with Gasteiger partial charge < -0.3 is 14.5 Å². The molecular formula is C12H18N2O4. The van der Waals surface area contributed by atoms with Gasteiger partial charge in [0.1, 0.15) is 5.76 Å². The van der Waals surface area contributed by atoms with Crippen molar-refractivity contribution in [1.82, 2.24) is 10.1 Å². The summed E-state index contributed by atoms with van der Waals surface area (Å²) in [7, 11) is 1.56. The van der Waals surface area contributed by atoms with Crippen LogP contribution in [0.3, 0.4) is 0 Å². The average Bonchev–Trinajstić information content (AvgIpc) is 2.75. The van der Waals surface area contributed by atoms with Gasteiger partial charge in [-0.05, 0) is 6.92 Å². The lowest BCUT2D eigenvalue weighted by Gasteiger charge is -2.22. The van der Waals surface area contributed by atoms with Gasteiger partial charge in [-0.3, -0.25) is 9.59 Å². The van der Waals surface area contributed by atoms with Crippen LogP contribution in [0.5, 0.6) is 0 Å². The highest BCUT2D eigenvalue weighted by Gasteiger charge is 2.23. The van der Waals surface area contributed by atoms with Crippen molar-refractivity contribution in [2.75, 3.05) is 7.05 Å². The number of rotatable bonds is 5. The van der Waals surface area contributed by atoms with E-state index in [1.54, 1.807) is 20.0 Å². The van der Waals surface area contributed by atoms with E-state index in [4.69, 9.17) is 9.63 Å². The molecule has 1 N–H and O–H groups in total. The SMILES string of the molecule is CC(C)c1cc(C(=O)N(C)C(C)CC(=O)O)no1. The Kier molecular flexibility index (Phi) is 4.47. The molecule has 0 saturated carbocycles. The quantitative estimate of drug-likeness (QED) is 0.865. The lowest BCUT2D eigenvalue weighted by atomic mass is 10.1. The van der Waals surface area contributed by atoms with Gasteiger partial charge in [0.2, 0.25) is 0 Å². The van der Waals surface area contributed by atoms with Crippen molar-refractivity contribution in [2.24, 2.45) is 0 Å². The minimum Gasteiger partial charge on any atom is -0.481 e. The van der Waals surface area contributed by atoms with E-state index in [0.717, 1.165) is 0 Å². The molecule has 0 saturated heterocycles. The normalized spacial score (nSPS) is 12.5. The fraction of sp³-hybridized carbons (Fsp3) is 0.583. The van der Waals surface area contributed by atoms with Crippen molar-refractivity contribution in [1.29, 1.82) is 0 Å². The molecule has 0 aromatic carbocycles. The number of aromatic nitrogens is 1. The number of aliphatic carboxylic acids is 1. The molecule has 100 valence electrons. The molecule has 1 amide bonds. The second-order valence-corrected chi connectivity index (χ2v) is 4.63. The number of carboxylic acids is 1. The topological polar surface area (TPSA) is 83.6 Å². The van der Waals surface area contributed by atoms with E-state index in [2.05, 4.69) is 5.16 Å². The molecule has 6 heteroatoms. The van der Waals surface area contributed by atoms with Crippen LogP contribution in [-0.2, 0) is 4.79 Å². The van der Waals surface area contributed by atoms with E-state index in [-0.39, 0.29) is 23.9 Å². The van der Waals surface area contributed by atoms with Crippen molar-refractivity contribution < 1.29 is 19.2 Å². The first-order valence-corrected chi connectivity index (χ1v) is 5.78. The molecule has 18 heavy (non-hydrogen) atoms. The number of nitrogens with zero attached hydrogens (tertiary/aromatic N) is 2. The molecule has 0 bridgehead atoms. The fourth-order valence-corrected chi connectivity index (χ4v) is 1.43. The van der Waals surface area contributed by atoms with E-state index >= 15 is 0 Å². The maximum absolute atomic E-state index is 12.0. The highest BCUT2D eigenvalue weighted by atomic mass is 16.5. The van der Waals surface area contributed by atoms with Crippen LogP contribution >= 0.6 is 0 Å². The van der Waals surface area contributed by atoms with Crippen LogP contribution in [0.2, 0.25) is 0 Å². The number of carboxylic acid groups (broad SMARTS) is 1. The largest absolute Gasteiger partial charge is 0.481 e. The Bertz CT molecular complexity index is 439. The van der Waals surface area contributed by atoms with Gasteiger partial charge in [0, 0.05) is 25.1 Å². The summed E-state index contributed by atoms with van der Waals surface area (Å²) in [6.07, 6.45) is -0.100. The number of carbonyl (C=O) groups excluding carboxylic acids is 1. The van der Waals surface area contributed by atoms with E-state index in [1.807, 2.05) is 13.8 Å². The molecule has 0 aliphatic carbocycles. The molecule has 0 fully saturated rings. The Labute approximate surface area is 106 Å². The van der Waals surface area contributed by atoms with Crippen LogP contribution in [0.15, 0.2) is 10.6 Å². The summed E-state index contributed by atoms with van der Waals surface area (Å²) in [5.74, 6) is -0.483. The zero-order chi connectivity index (χ0) is 13.9. The van der Waals surface area contributed by atoms with Gasteiger partial charge in [-0.25, -0.2) is 0 Å². The summed E-state index contributed by atoms with van der Waals surface area (Å²) < 4.78 is 5.04. The molecule has 0 radical (unpaired) electrons. The maximum atomic E-state index is 12.0. The zero-order valence-corrected chi connectivity index (χ0v) is 11.0. The Hall–Kier alpha value is -1.85. The van der Waals surface area contributed by atoms with Gasteiger partial charge in [0.05, 0.1) is 6.42 Å². The summed E-state index contributed by atoms with van der Waals surface area (Å²) in [5.41, 5.74) is 0.207. The Morgan fingerprint density at radius 2 is 2.06 bits per heavy atom.